The summed E-state index contributed by atoms with van der Waals surface area (Å²) in [6, 6.07) is 38.2. The summed E-state index contributed by atoms with van der Waals surface area (Å²) in [7, 11) is 0. The van der Waals surface area contributed by atoms with Gasteiger partial charge in [-0.25, -0.2) is 9.97 Å². The first kappa shape index (κ1) is 25.3. The summed E-state index contributed by atoms with van der Waals surface area (Å²) in [5.41, 5.74) is 8.70. The van der Waals surface area contributed by atoms with Gasteiger partial charge in [-0.1, -0.05) is 73.5 Å². The Balaban J connectivity index is 1.17. The van der Waals surface area contributed by atoms with Gasteiger partial charge in [-0.05, 0) is 83.9 Å². The third kappa shape index (κ3) is 4.17. The molecule has 204 valence electrons. The zero-order chi connectivity index (χ0) is 28.9. The molecule has 0 amide bonds. The Bertz CT molecular complexity index is 2080. The van der Waals surface area contributed by atoms with Crippen LogP contribution in [0.25, 0.3) is 50.9 Å². The van der Waals surface area contributed by atoms with Crippen molar-refractivity contribution in [3.8, 4) is 16.9 Å². The molecule has 0 atom stereocenters. The van der Waals surface area contributed by atoms with Gasteiger partial charge in [0.1, 0.15) is 11.6 Å². The Hall–Kier alpha value is -5.39. The van der Waals surface area contributed by atoms with Gasteiger partial charge in [-0.3, -0.25) is 9.47 Å². The van der Waals surface area contributed by atoms with Crippen molar-refractivity contribution in [2.24, 2.45) is 0 Å². The Kier molecular flexibility index (Phi) is 5.98. The fourth-order valence-corrected chi connectivity index (χ4v) is 6.95. The largest absolute Gasteiger partial charge is 0.294 e. The smallest absolute Gasteiger partial charge is 0.137 e. The fraction of sp³-hybridized carbons (Fsp3) is 0. The van der Waals surface area contributed by atoms with Gasteiger partial charge in [-0.15, -0.1) is 0 Å². The molecule has 0 bridgehead atoms. The molecule has 0 fully saturated rings. The molecule has 0 spiro atoms. The highest BCUT2D eigenvalue weighted by atomic mass is 32.2. The van der Waals surface area contributed by atoms with Gasteiger partial charge in [0, 0.05) is 44.1 Å². The van der Waals surface area contributed by atoms with Crippen molar-refractivity contribution in [3.63, 3.8) is 0 Å². The summed E-state index contributed by atoms with van der Waals surface area (Å²) in [5.74, 6) is 1.75. The first-order valence-corrected chi connectivity index (χ1v) is 15.0. The minimum absolute atomic E-state index is 0.866. The van der Waals surface area contributed by atoms with Gasteiger partial charge in [0.2, 0.25) is 0 Å². The van der Waals surface area contributed by atoms with Crippen LogP contribution < -0.4 is 4.90 Å². The summed E-state index contributed by atoms with van der Waals surface area (Å²) >= 11 is 1.80. The van der Waals surface area contributed by atoms with Crippen molar-refractivity contribution in [2.75, 3.05) is 4.90 Å². The number of aromatic nitrogens is 3. The second-order valence-electron chi connectivity index (χ2n) is 10.5. The third-order valence-corrected chi connectivity index (χ3v) is 9.13. The normalized spacial score (nSPS) is 12.2. The molecule has 4 aromatic carbocycles. The van der Waals surface area contributed by atoms with Crippen LogP contribution in [0.2, 0.25) is 0 Å². The molecule has 0 aliphatic carbocycles. The lowest BCUT2D eigenvalue weighted by Crippen LogP contribution is -2.15. The summed E-state index contributed by atoms with van der Waals surface area (Å²) in [6.45, 7) is 7.93. The molecule has 0 radical (unpaired) electrons. The molecule has 3 aromatic heterocycles. The van der Waals surface area contributed by atoms with Crippen LogP contribution in [0.1, 0.15) is 11.1 Å². The maximum Gasteiger partial charge on any atom is 0.137 e. The van der Waals surface area contributed by atoms with E-state index in [2.05, 4.69) is 132 Å². The number of hydrogen-bond donors (Lipinski definition) is 0. The van der Waals surface area contributed by atoms with E-state index in [9.17, 15) is 0 Å². The van der Waals surface area contributed by atoms with Gasteiger partial charge in [0.25, 0.3) is 0 Å². The van der Waals surface area contributed by atoms with E-state index in [0.29, 0.717) is 0 Å². The SMILES string of the molecule is C=Cc1ccc2c(c1)c1cc(C=C)ccc1n2-c1ccc(-c2ccc(N3c4ccccc4Sc4ccccc43)nc2)cn1. The van der Waals surface area contributed by atoms with Crippen molar-refractivity contribution < 1.29 is 0 Å². The van der Waals surface area contributed by atoms with Crippen molar-refractivity contribution in [1.82, 2.24) is 14.5 Å². The molecule has 8 rings (SSSR count). The average Bonchev–Trinajstić information content (AvgIpc) is 3.40. The van der Waals surface area contributed by atoms with Crippen LogP contribution in [0.4, 0.5) is 17.2 Å². The molecule has 0 saturated heterocycles. The van der Waals surface area contributed by atoms with Crippen LogP contribution in [0.15, 0.2) is 145 Å². The lowest BCUT2D eigenvalue weighted by Gasteiger charge is -2.31. The first-order valence-electron chi connectivity index (χ1n) is 14.1. The molecule has 1 aliphatic heterocycles. The molecule has 4 heterocycles. The van der Waals surface area contributed by atoms with E-state index in [1.165, 1.54) is 20.6 Å². The van der Waals surface area contributed by atoms with E-state index >= 15 is 0 Å². The molecular weight excluding hydrogens is 545 g/mol. The molecule has 0 saturated carbocycles. The Morgan fingerprint density at radius 3 is 1.56 bits per heavy atom. The molecule has 43 heavy (non-hydrogen) atoms. The zero-order valence-electron chi connectivity index (χ0n) is 23.3. The van der Waals surface area contributed by atoms with Crippen LogP contribution in [-0.4, -0.2) is 14.5 Å². The quantitative estimate of drug-likeness (QED) is 0.206. The number of anilines is 3. The number of benzene rings is 4. The van der Waals surface area contributed by atoms with E-state index in [1.807, 2.05) is 24.5 Å². The van der Waals surface area contributed by atoms with E-state index in [0.717, 1.165) is 56.3 Å². The van der Waals surface area contributed by atoms with Crippen molar-refractivity contribution in [2.45, 2.75) is 9.79 Å². The molecule has 0 N–H and O–H groups in total. The molecule has 7 aromatic rings. The van der Waals surface area contributed by atoms with Gasteiger partial charge >= 0.3 is 0 Å². The molecule has 5 heteroatoms. The lowest BCUT2D eigenvalue weighted by atomic mass is 10.1. The van der Waals surface area contributed by atoms with Crippen LogP contribution in [0.5, 0.6) is 0 Å². The highest BCUT2D eigenvalue weighted by molar-refractivity contribution is 7.99. The second kappa shape index (κ2) is 10.2. The summed E-state index contributed by atoms with van der Waals surface area (Å²) in [5, 5.41) is 2.34. The van der Waals surface area contributed by atoms with Crippen LogP contribution in [-0.2, 0) is 0 Å². The average molecular weight is 571 g/mol. The lowest BCUT2D eigenvalue weighted by molar-refractivity contribution is 1.08. The molecule has 0 unspecified atom stereocenters. The Labute approximate surface area is 254 Å². The molecule has 4 nitrogen and oxygen atoms in total. The predicted molar refractivity (Wildman–Crippen MR) is 181 cm³/mol. The highest BCUT2D eigenvalue weighted by Gasteiger charge is 2.25. The molecular formula is C38H26N4S. The van der Waals surface area contributed by atoms with Crippen LogP contribution >= 0.6 is 11.8 Å². The van der Waals surface area contributed by atoms with Gasteiger partial charge in [0.05, 0.1) is 22.4 Å². The number of pyridine rings is 2. The van der Waals surface area contributed by atoms with Gasteiger partial charge in [0.15, 0.2) is 0 Å². The Morgan fingerprint density at radius 2 is 1.07 bits per heavy atom. The number of rotatable bonds is 5. The maximum atomic E-state index is 4.94. The summed E-state index contributed by atoms with van der Waals surface area (Å²) in [4.78, 5) is 14.5. The summed E-state index contributed by atoms with van der Waals surface area (Å²) < 4.78 is 2.22. The third-order valence-electron chi connectivity index (χ3n) is 8.00. The minimum Gasteiger partial charge on any atom is -0.294 e. The number of fused-ring (bicyclic) bond motifs is 5. The van der Waals surface area contributed by atoms with E-state index in [1.54, 1.807) is 11.8 Å². The summed E-state index contributed by atoms with van der Waals surface area (Å²) in [6.07, 6.45) is 7.64. The van der Waals surface area contributed by atoms with Gasteiger partial charge < -0.3 is 0 Å². The minimum atomic E-state index is 0.866. The fourth-order valence-electron chi connectivity index (χ4n) is 5.89. The van der Waals surface area contributed by atoms with Crippen LogP contribution in [0, 0.1) is 0 Å². The first-order chi connectivity index (χ1) is 21.2. The standard InChI is InChI=1S/C38H26N4S/c1-3-25-13-17-31-29(21-25)30-22-26(4-2)14-18-32(30)41(31)37-19-15-27(23-39-37)28-16-20-38(40-24-28)42-33-9-5-7-11-35(33)43-36-12-8-6-10-34(36)42/h3-24H,1-2H2. The number of nitrogens with zero attached hydrogens (tertiary/aromatic N) is 4. The van der Waals surface area contributed by atoms with Crippen molar-refractivity contribution in [3.05, 3.63) is 146 Å². The number of para-hydroxylation sites is 2. The monoisotopic (exact) mass is 570 g/mol. The van der Waals surface area contributed by atoms with Crippen LogP contribution in [0.3, 0.4) is 0 Å². The van der Waals surface area contributed by atoms with E-state index in [4.69, 9.17) is 9.97 Å². The van der Waals surface area contributed by atoms with E-state index in [-0.39, 0.29) is 0 Å². The molecule has 1 aliphatic rings. The van der Waals surface area contributed by atoms with Gasteiger partial charge in [-0.2, -0.15) is 0 Å². The van der Waals surface area contributed by atoms with Crippen molar-refractivity contribution in [1.29, 1.82) is 0 Å². The van der Waals surface area contributed by atoms with Crippen molar-refractivity contribution >= 4 is 62.9 Å². The highest BCUT2D eigenvalue weighted by Crippen LogP contribution is 2.50. The van der Waals surface area contributed by atoms with E-state index < -0.39 is 0 Å². The predicted octanol–water partition coefficient (Wildman–Crippen LogP) is 10.5. The maximum absolute atomic E-state index is 4.94. The Morgan fingerprint density at radius 1 is 0.558 bits per heavy atom. The topological polar surface area (TPSA) is 34.0 Å². The zero-order valence-corrected chi connectivity index (χ0v) is 24.1. The number of hydrogen-bond acceptors (Lipinski definition) is 4. The second-order valence-corrected chi connectivity index (χ2v) is 11.6.